The van der Waals surface area contributed by atoms with E-state index in [2.05, 4.69) is 16.0 Å². The molecule has 2 aromatic carbocycles. The molecule has 1 unspecified atom stereocenters. The number of carbonyl (C=O) groups is 3. The van der Waals surface area contributed by atoms with Gasteiger partial charge in [0.15, 0.2) is 0 Å². The normalized spacial score (nSPS) is 13.1. The van der Waals surface area contributed by atoms with Gasteiger partial charge in [-0.2, -0.15) is 8.42 Å². The Morgan fingerprint density at radius 3 is 1.81 bits per heavy atom. The largest absolute Gasteiger partial charge is 0.508 e. The number of aromatic hydroxyl groups is 1. The van der Waals surface area contributed by atoms with Crippen molar-refractivity contribution < 1.29 is 37.2 Å². The number of anilines is 1. The van der Waals surface area contributed by atoms with Crippen molar-refractivity contribution in [2.24, 2.45) is 0 Å². The van der Waals surface area contributed by atoms with Crippen LogP contribution in [0.4, 0.5) is 10.5 Å². The third-order valence-corrected chi connectivity index (χ3v) is 5.40. The van der Waals surface area contributed by atoms with Gasteiger partial charge in [0.2, 0.25) is 11.8 Å². The first-order chi connectivity index (χ1) is 17.1. The zero-order chi connectivity index (χ0) is 27.8. The maximum Gasteiger partial charge on any atom is 0.408 e. The summed E-state index contributed by atoms with van der Waals surface area (Å²) in [5, 5.41) is 17.2. The van der Waals surface area contributed by atoms with Crippen LogP contribution >= 0.6 is 0 Å². The van der Waals surface area contributed by atoms with Crippen LogP contribution in [0.1, 0.15) is 31.9 Å². The van der Waals surface area contributed by atoms with Crippen LogP contribution in [0, 0.1) is 0 Å². The van der Waals surface area contributed by atoms with Gasteiger partial charge in [-0.15, -0.1) is 0 Å². The summed E-state index contributed by atoms with van der Waals surface area (Å²) >= 11 is 0. The molecule has 13 heteroatoms. The highest BCUT2D eigenvalue weighted by Gasteiger charge is 2.28. The van der Waals surface area contributed by atoms with Crippen molar-refractivity contribution in [2.45, 2.75) is 51.3 Å². The lowest BCUT2D eigenvalue weighted by atomic mass is 10.0. The summed E-state index contributed by atoms with van der Waals surface area (Å²) in [5.41, 5.74) is 0.546. The van der Waals surface area contributed by atoms with Crippen LogP contribution in [0.5, 0.6) is 5.75 Å². The number of rotatable bonds is 10. The average Bonchev–Trinajstić information content (AvgIpc) is 2.78. The summed E-state index contributed by atoms with van der Waals surface area (Å²) in [6.07, 6.45) is -0.706. The van der Waals surface area contributed by atoms with Gasteiger partial charge in [-0.1, -0.05) is 24.3 Å². The Morgan fingerprint density at radius 2 is 1.35 bits per heavy atom. The molecule has 0 fully saturated rings. The van der Waals surface area contributed by atoms with E-state index < -0.39 is 45.9 Å². The monoisotopic (exact) mass is 536 g/mol. The van der Waals surface area contributed by atoms with E-state index in [9.17, 15) is 27.9 Å². The summed E-state index contributed by atoms with van der Waals surface area (Å²) in [5.74, 6) is -1.09. The van der Waals surface area contributed by atoms with Gasteiger partial charge in [0, 0.05) is 19.9 Å². The number of benzene rings is 2. The molecule has 0 spiro atoms. The van der Waals surface area contributed by atoms with E-state index in [1.54, 1.807) is 32.9 Å². The van der Waals surface area contributed by atoms with Gasteiger partial charge in [-0.05, 0) is 56.2 Å². The minimum atomic E-state index is -4.44. The standard InChI is InChI=1S/C24H32N4O8S/c1-24(2,3)36-23(32)27-20(14-16-7-11-18(29)12-8-16)22(31)26-19(21(30)25-4)13-15-5-9-17(10-6-15)28-37(33,34)35/h5-12,19-20,28-29H,13-14H2,1-4H3,(H,25,30)(H,26,31)(H,27,32)(H,33,34,35)/t19-,20?/m0/s1. The van der Waals surface area contributed by atoms with E-state index in [4.69, 9.17) is 9.29 Å². The van der Waals surface area contributed by atoms with Gasteiger partial charge in [0.05, 0.1) is 5.69 Å². The molecule has 0 aliphatic rings. The van der Waals surface area contributed by atoms with Crippen LogP contribution in [0.3, 0.4) is 0 Å². The van der Waals surface area contributed by atoms with Crippen LogP contribution in [0.15, 0.2) is 48.5 Å². The Hall–Kier alpha value is -3.84. The van der Waals surface area contributed by atoms with Crippen LogP contribution in [0.2, 0.25) is 0 Å². The lowest BCUT2D eigenvalue weighted by Crippen LogP contribution is -2.55. The predicted octanol–water partition coefficient (Wildman–Crippen LogP) is 1.52. The SMILES string of the molecule is CNC(=O)[C@H](Cc1ccc(NS(=O)(=O)O)cc1)NC(=O)C(Cc1ccc(O)cc1)NC(=O)OC(C)(C)C. The van der Waals surface area contributed by atoms with Crippen molar-refractivity contribution in [3.63, 3.8) is 0 Å². The van der Waals surface area contributed by atoms with Gasteiger partial charge >= 0.3 is 16.4 Å². The molecule has 37 heavy (non-hydrogen) atoms. The Morgan fingerprint density at radius 1 is 0.865 bits per heavy atom. The van der Waals surface area contributed by atoms with Gasteiger partial charge in [-0.25, -0.2) is 4.79 Å². The molecule has 202 valence electrons. The summed E-state index contributed by atoms with van der Waals surface area (Å²) in [6.45, 7) is 5.04. The number of phenols is 1. The van der Waals surface area contributed by atoms with Crippen molar-refractivity contribution in [1.29, 1.82) is 0 Å². The third kappa shape index (κ3) is 10.8. The number of hydrogen-bond acceptors (Lipinski definition) is 7. The number of carbonyl (C=O) groups excluding carboxylic acids is 3. The molecule has 0 aliphatic heterocycles. The molecule has 0 aromatic heterocycles. The summed E-state index contributed by atoms with van der Waals surface area (Å²) in [6, 6.07) is 9.82. The lowest BCUT2D eigenvalue weighted by molar-refractivity contribution is -0.129. The van der Waals surface area contributed by atoms with Crippen molar-refractivity contribution in [2.75, 3.05) is 11.8 Å². The molecule has 0 radical (unpaired) electrons. The Balaban J connectivity index is 2.21. The maximum absolute atomic E-state index is 13.2. The molecule has 0 heterocycles. The fraction of sp³-hybridized carbons (Fsp3) is 0.375. The van der Waals surface area contributed by atoms with Crippen LogP contribution in [-0.4, -0.2) is 60.7 Å². The molecular formula is C24H32N4O8S. The molecule has 0 saturated carbocycles. The zero-order valence-corrected chi connectivity index (χ0v) is 21.8. The number of nitrogens with one attached hydrogen (secondary N) is 4. The summed E-state index contributed by atoms with van der Waals surface area (Å²) < 4.78 is 38.0. The molecule has 6 N–H and O–H groups in total. The second-order valence-corrected chi connectivity index (χ2v) is 10.4. The van der Waals surface area contributed by atoms with E-state index in [0.29, 0.717) is 11.1 Å². The minimum Gasteiger partial charge on any atom is -0.508 e. The topological polar surface area (TPSA) is 183 Å². The summed E-state index contributed by atoms with van der Waals surface area (Å²) in [4.78, 5) is 38.2. The van der Waals surface area contributed by atoms with Crippen molar-refractivity contribution >= 4 is 33.9 Å². The van der Waals surface area contributed by atoms with E-state index in [1.807, 2.05) is 4.72 Å². The molecule has 0 saturated heterocycles. The third-order valence-electron chi connectivity index (χ3n) is 4.90. The molecule has 0 aliphatic carbocycles. The molecular weight excluding hydrogens is 504 g/mol. The highest BCUT2D eigenvalue weighted by Crippen LogP contribution is 2.15. The number of phenolic OH excluding ortho intramolecular Hbond substituents is 1. The first-order valence-electron chi connectivity index (χ1n) is 11.3. The number of amides is 3. The van der Waals surface area contributed by atoms with Crippen molar-refractivity contribution in [1.82, 2.24) is 16.0 Å². The second-order valence-electron chi connectivity index (χ2n) is 9.22. The van der Waals surface area contributed by atoms with E-state index in [-0.39, 0.29) is 24.3 Å². The van der Waals surface area contributed by atoms with E-state index >= 15 is 0 Å². The second kappa shape index (κ2) is 12.4. The summed E-state index contributed by atoms with van der Waals surface area (Å²) in [7, 11) is -3.03. The maximum atomic E-state index is 13.2. The van der Waals surface area contributed by atoms with Gasteiger partial charge in [0.25, 0.3) is 0 Å². The molecule has 2 rings (SSSR count). The first-order valence-corrected chi connectivity index (χ1v) is 12.7. The molecule has 3 amide bonds. The molecule has 0 bridgehead atoms. The Kier molecular flexibility index (Phi) is 9.86. The fourth-order valence-electron chi connectivity index (χ4n) is 3.28. The highest BCUT2D eigenvalue weighted by molar-refractivity contribution is 7.87. The quantitative estimate of drug-likeness (QED) is 0.247. The number of alkyl carbamates (subject to hydrolysis) is 1. The number of hydrogen-bond donors (Lipinski definition) is 6. The van der Waals surface area contributed by atoms with Gasteiger partial charge in [-0.3, -0.25) is 18.9 Å². The Labute approximate surface area is 215 Å². The molecule has 2 atom stereocenters. The van der Waals surface area contributed by atoms with Gasteiger partial charge in [0.1, 0.15) is 23.4 Å². The fourth-order valence-corrected chi connectivity index (χ4v) is 3.71. The average molecular weight is 537 g/mol. The van der Waals surface area contributed by atoms with Crippen LogP contribution in [-0.2, 0) is 37.5 Å². The number of likely N-dealkylation sites (N-methyl/N-ethyl adjacent to an activating group) is 1. The van der Waals surface area contributed by atoms with Crippen molar-refractivity contribution in [3.8, 4) is 5.75 Å². The highest BCUT2D eigenvalue weighted by atomic mass is 32.2. The molecule has 12 nitrogen and oxygen atoms in total. The minimum absolute atomic E-state index is 0.0438. The molecule has 2 aromatic rings. The predicted molar refractivity (Wildman–Crippen MR) is 136 cm³/mol. The van der Waals surface area contributed by atoms with Crippen molar-refractivity contribution in [3.05, 3.63) is 59.7 Å². The zero-order valence-electron chi connectivity index (χ0n) is 20.9. The lowest BCUT2D eigenvalue weighted by Gasteiger charge is -2.25. The number of ether oxygens (including phenoxy) is 1. The Bertz CT molecular complexity index is 1190. The van der Waals surface area contributed by atoms with Crippen LogP contribution < -0.4 is 20.7 Å². The first kappa shape index (κ1) is 29.4. The van der Waals surface area contributed by atoms with E-state index in [1.165, 1.54) is 43.4 Å². The van der Waals surface area contributed by atoms with E-state index in [0.717, 1.165) is 0 Å². The van der Waals surface area contributed by atoms with Gasteiger partial charge < -0.3 is 25.8 Å². The smallest absolute Gasteiger partial charge is 0.408 e. The van der Waals surface area contributed by atoms with Crippen LogP contribution in [0.25, 0.3) is 0 Å².